The molecule has 0 aliphatic heterocycles. The van der Waals surface area contributed by atoms with Crippen LogP contribution in [-0.4, -0.2) is 9.55 Å². The zero-order chi connectivity index (χ0) is 13.7. The van der Waals surface area contributed by atoms with Crippen molar-refractivity contribution in [3.05, 3.63) is 64.8 Å². The second kappa shape index (κ2) is 3.90. The lowest BCUT2D eigenvalue weighted by Gasteiger charge is -2.10. The van der Waals surface area contributed by atoms with Gasteiger partial charge in [0.15, 0.2) is 5.43 Å². The van der Waals surface area contributed by atoms with Gasteiger partial charge in [0.25, 0.3) is 0 Å². The monoisotopic (exact) mass is 260 g/mol. The summed E-state index contributed by atoms with van der Waals surface area (Å²) in [5, 5.41) is 2.40. The molecule has 0 bridgehead atoms. The maximum atomic E-state index is 12.6. The Balaban J connectivity index is 2.35. The number of nitrogens with zero attached hydrogens (tertiary/aromatic N) is 2. The van der Waals surface area contributed by atoms with Gasteiger partial charge in [-0.1, -0.05) is 30.3 Å². The molecule has 0 saturated heterocycles. The second-order valence-electron chi connectivity index (χ2n) is 4.96. The summed E-state index contributed by atoms with van der Waals surface area (Å²) in [6.07, 6.45) is 0. The first-order valence-electron chi connectivity index (χ1n) is 6.53. The molecule has 2 aromatic heterocycles. The van der Waals surface area contributed by atoms with E-state index in [0.29, 0.717) is 5.39 Å². The fourth-order valence-corrected chi connectivity index (χ4v) is 2.75. The Hall–Kier alpha value is -2.68. The molecule has 3 heteroatoms. The lowest BCUT2D eigenvalue weighted by molar-refractivity contribution is 0.982. The van der Waals surface area contributed by atoms with Crippen LogP contribution in [0.2, 0.25) is 0 Å². The summed E-state index contributed by atoms with van der Waals surface area (Å²) >= 11 is 0. The Kier molecular flexibility index (Phi) is 2.18. The van der Waals surface area contributed by atoms with Gasteiger partial charge in [-0.2, -0.15) is 0 Å². The maximum Gasteiger partial charge on any atom is 0.198 e. The van der Waals surface area contributed by atoms with E-state index in [9.17, 15) is 4.79 Å². The van der Waals surface area contributed by atoms with Gasteiger partial charge in [0.2, 0.25) is 0 Å². The van der Waals surface area contributed by atoms with Gasteiger partial charge in [0.05, 0.1) is 16.4 Å². The van der Waals surface area contributed by atoms with Crippen LogP contribution in [0, 0.1) is 0 Å². The smallest absolute Gasteiger partial charge is 0.198 e. The van der Waals surface area contributed by atoms with E-state index in [1.807, 2.05) is 66.2 Å². The van der Waals surface area contributed by atoms with E-state index in [1.54, 1.807) is 0 Å². The van der Waals surface area contributed by atoms with Crippen LogP contribution in [0.1, 0.15) is 0 Å². The van der Waals surface area contributed by atoms with E-state index in [4.69, 9.17) is 0 Å². The third-order valence-corrected chi connectivity index (χ3v) is 3.78. The quantitative estimate of drug-likeness (QED) is 0.455. The number of aromatic nitrogens is 2. The number of hydrogen-bond acceptors (Lipinski definition) is 2. The molecule has 96 valence electrons. The molecule has 20 heavy (non-hydrogen) atoms. The highest BCUT2D eigenvalue weighted by Gasteiger charge is 2.10. The van der Waals surface area contributed by atoms with Crippen molar-refractivity contribution in [3.63, 3.8) is 0 Å². The van der Waals surface area contributed by atoms with Gasteiger partial charge in [-0.25, -0.2) is 4.98 Å². The van der Waals surface area contributed by atoms with E-state index < -0.39 is 0 Å². The molecule has 0 atom stereocenters. The molecule has 0 N–H and O–H groups in total. The normalized spacial score (nSPS) is 11.4. The number of fused-ring (bicyclic) bond motifs is 3. The highest BCUT2D eigenvalue weighted by molar-refractivity contribution is 5.97. The molecular weight excluding hydrogens is 248 g/mol. The molecule has 0 spiro atoms. The lowest BCUT2D eigenvalue weighted by atomic mass is 10.1. The second-order valence-corrected chi connectivity index (χ2v) is 4.96. The predicted molar refractivity (Wildman–Crippen MR) is 82.0 cm³/mol. The summed E-state index contributed by atoms with van der Waals surface area (Å²) in [6, 6.07) is 17.5. The van der Waals surface area contributed by atoms with E-state index >= 15 is 0 Å². The van der Waals surface area contributed by atoms with Crippen molar-refractivity contribution < 1.29 is 0 Å². The minimum absolute atomic E-state index is 0.0481. The van der Waals surface area contributed by atoms with Gasteiger partial charge >= 0.3 is 0 Å². The van der Waals surface area contributed by atoms with Crippen molar-refractivity contribution in [3.8, 4) is 0 Å². The van der Waals surface area contributed by atoms with Crippen LogP contribution in [0.25, 0.3) is 32.8 Å². The van der Waals surface area contributed by atoms with Crippen LogP contribution in [0.3, 0.4) is 0 Å². The molecule has 0 unspecified atom stereocenters. The summed E-state index contributed by atoms with van der Waals surface area (Å²) < 4.78 is 1.98. The number of aryl methyl sites for hydroxylation is 1. The lowest BCUT2D eigenvalue weighted by Crippen LogP contribution is -2.10. The summed E-state index contributed by atoms with van der Waals surface area (Å²) in [5.74, 6) is 0. The van der Waals surface area contributed by atoms with Gasteiger partial charge in [-0.3, -0.25) is 4.79 Å². The summed E-state index contributed by atoms with van der Waals surface area (Å²) in [6.45, 7) is 0. The molecule has 0 saturated carbocycles. The summed E-state index contributed by atoms with van der Waals surface area (Å²) in [7, 11) is 1.95. The molecule has 0 amide bonds. The summed E-state index contributed by atoms with van der Waals surface area (Å²) in [5.41, 5.74) is 2.59. The minimum atomic E-state index is 0.0481. The summed E-state index contributed by atoms with van der Waals surface area (Å²) in [4.78, 5) is 17.3. The fourth-order valence-electron chi connectivity index (χ4n) is 2.75. The van der Waals surface area contributed by atoms with Crippen LogP contribution in [0.4, 0.5) is 0 Å². The van der Waals surface area contributed by atoms with Gasteiger partial charge in [0, 0.05) is 17.8 Å². The van der Waals surface area contributed by atoms with Crippen LogP contribution in [-0.2, 0) is 7.05 Å². The van der Waals surface area contributed by atoms with Gasteiger partial charge < -0.3 is 4.57 Å². The number of hydrogen-bond donors (Lipinski definition) is 0. The highest BCUT2D eigenvalue weighted by Crippen LogP contribution is 2.20. The molecule has 4 aromatic rings. The minimum Gasteiger partial charge on any atom is -0.328 e. The van der Waals surface area contributed by atoms with Crippen molar-refractivity contribution >= 4 is 32.8 Å². The fraction of sp³-hybridized carbons (Fsp3) is 0.0588. The topological polar surface area (TPSA) is 34.9 Å². The number of para-hydroxylation sites is 2. The molecule has 3 nitrogen and oxygen atoms in total. The Bertz CT molecular complexity index is 1030. The van der Waals surface area contributed by atoms with E-state index in [2.05, 4.69) is 4.98 Å². The SMILES string of the molecule is Cn1c2ccccc2c(=O)c2cc3ccccc3nc21. The van der Waals surface area contributed by atoms with Crippen molar-refractivity contribution in [2.75, 3.05) is 0 Å². The number of benzene rings is 2. The van der Waals surface area contributed by atoms with Crippen LogP contribution in [0.15, 0.2) is 59.4 Å². The van der Waals surface area contributed by atoms with Crippen molar-refractivity contribution in [2.24, 2.45) is 7.05 Å². The van der Waals surface area contributed by atoms with Crippen LogP contribution in [0.5, 0.6) is 0 Å². The Morgan fingerprint density at radius 2 is 1.70 bits per heavy atom. The van der Waals surface area contributed by atoms with Crippen LogP contribution < -0.4 is 5.43 Å². The average molecular weight is 260 g/mol. The molecule has 2 aromatic carbocycles. The predicted octanol–water partition coefficient (Wildman–Crippen LogP) is 3.24. The maximum absolute atomic E-state index is 12.6. The first-order chi connectivity index (χ1) is 9.75. The van der Waals surface area contributed by atoms with Crippen molar-refractivity contribution in [1.29, 1.82) is 0 Å². The average Bonchev–Trinajstić information content (AvgIpc) is 2.51. The van der Waals surface area contributed by atoms with E-state index in [-0.39, 0.29) is 5.43 Å². The number of rotatable bonds is 0. The molecule has 2 heterocycles. The Morgan fingerprint density at radius 1 is 0.950 bits per heavy atom. The zero-order valence-electron chi connectivity index (χ0n) is 11.0. The number of pyridine rings is 2. The first kappa shape index (κ1) is 11.2. The van der Waals surface area contributed by atoms with Gasteiger partial charge in [-0.05, 0) is 24.3 Å². The molecule has 4 rings (SSSR count). The standard InChI is InChI=1S/C17H12N2O/c1-19-15-9-5-3-7-12(15)16(20)13-10-11-6-2-4-8-14(11)18-17(13)19/h2-10H,1H3. The third-order valence-electron chi connectivity index (χ3n) is 3.78. The van der Waals surface area contributed by atoms with Gasteiger partial charge in [0.1, 0.15) is 5.65 Å². The Morgan fingerprint density at radius 3 is 2.60 bits per heavy atom. The Labute approximate surface area is 115 Å². The van der Waals surface area contributed by atoms with Gasteiger partial charge in [-0.15, -0.1) is 0 Å². The molecule has 0 aliphatic carbocycles. The molecule has 0 radical (unpaired) electrons. The molecule has 0 fully saturated rings. The van der Waals surface area contributed by atoms with E-state index in [1.165, 1.54) is 0 Å². The van der Waals surface area contributed by atoms with Crippen molar-refractivity contribution in [1.82, 2.24) is 9.55 Å². The van der Waals surface area contributed by atoms with Crippen molar-refractivity contribution in [2.45, 2.75) is 0 Å². The zero-order valence-corrected chi connectivity index (χ0v) is 11.0. The largest absolute Gasteiger partial charge is 0.328 e. The van der Waals surface area contributed by atoms with Crippen LogP contribution >= 0.6 is 0 Å². The highest BCUT2D eigenvalue weighted by atomic mass is 16.1. The molecular formula is C17H12N2O. The third kappa shape index (κ3) is 1.40. The first-order valence-corrected chi connectivity index (χ1v) is 6.53. The molecule has 0 aliphatic rings. The van der Waals surface area contributed by atoms with E-state index in [0.717, 1.165) is 27.5 Å².